The lowest BCUT2D eigenvalue weighted by Crippen LogP contribution is -2.13. The van der Waals surface area contributed by atoms with E-state index < -0.39 is 0 Å². The van der Waals surface area contributed by atoms with E-state index in [9.17, 15) is 4.79 Å². The first-order valence-electron chi connectivity index (χ1n) is 8.50. The zero-order valence-electron chi connectivity index (χ0n) is 14.5. The molecule has 1 heterocycles. The summed E-state index contributed by atoms with van der Waals surface area (Å²) in [6.07, 6.45) is 16.3. The van der Waals surface area contributed by atoms with Crippen molar-refractivity contribution in [3.63, 3.8) is 0 Å². The van der Waals surface area contributed by atoms with Crippen LogP contribution in [-0.4, -0.2) is 18.0 Å². The summed E-state index contributed by atoms with van der Waals surface area (Å²) in [5.74, 6) is 0. The molecule has 2 rings (SSSR count). The number of fused-ring (bicyclic) bond motifs is 1. The van der Waals surface area contributed by atoms with Crippen molar-refractivity contribution in [1.29, 1.82) is 0 Å². The molecular formula is C20H30O2. The van der Waals surface area contributed by atoms with Crippen LogP contribution in [0.3, 0.4) is 0 Å². The van der Waals surface area contributed by atoms with Gasteiger partial charge in [-0.25, -0.2) is 0 Å². The highest BCUT2D eigenvalue weighted by Gasteiger charge is 2.50. The summed E-state index contributed by atoms with van der Waals surface area (Å²) in [7, 11) is 0. The molecule has 0 spiro atoms. The molecule has 2 aliphatic rings. The van der Waals surface area contributed by atoms with Crippen molar-refractivity contribution in [3.8, 4) is 0 Å². The van der Waals surface area contributed by atoms with Crippen LogP contribution in [0.25, 0.3) is 0 Å². The second-order valence-electron chi connectivity index (χ2n) is 7.64. The van der Waals surface area contributed by atoms with E-state index in [0.717, 1.165) is 50.4 Å². The number of rotatable bonds is 4. The quantitative estimate of drug-likeness (QED) is 0.408. The van der Waals surface area contributed by atoms with Gasteiger partial charge in [-0.3, -0.25) is 4.79 Å². The first-order valence-corrected chi connectivity index (χ1v) is 8.50. The molecule has 0 unspecified atom stereocenters. The summed E-state index contributed by atoms with van der Waals surface area (Å²) in [6, 6.07) is 0. The highest BCUT2D eigenvalue weighted by atomic mass is 16.6. The van der Waals surface area contributed by atoms with Gasteiger partial charge in [0.2, 0.25) is 0 Å². The third-order valence-corrected chi connectivity index (χ3v) is 5.02. The van der Waals surface area contributed by atoms with E-state index in [1.165, 1.54) is 5.57 Å². The molecule has 2 nitrogen and oxygen atoms in total. The van der Waals surface area contributed by atoms with Crippen molar-refractivity contribution < 1.29 is 9.53 Å². The zero-order valence-corrected chi connectivity index (χ0v) is 14.5. The van der Waals surface area contributed by atoms with Gasteiger partial charge in [0.15, 0.2) is 0 Å². The maximum Gasteiger partial charge on any atom is 0.145 e. The highest BCUT2D eigenvalue weighted by molar-refractivity contribution is 5.73. The topological polar surface area (TPSA) is 29.6 Å². The van der Waals surface area contributed by atoms with Crippen molar-refractivity contribution >= 4 is 6.29 Å². The average molecular weight is 302 g/mol. The van der Waals surface area contributed by atoms with E-state index in [-0.39, 0.29) is 11.0 Å². The Hall–Kier alpha value is -1.15. The number of hydrogen-bond donors (Lipinski definition) is 0. The minimum absolute atomic E-state index is 0.00431. The van der Waals surface area contributed by atoms with E-state index >= 15 is 0 Å². The fourth-order valence-corrected chi connectivity index (χ4v) is 3.23. The Morgan fingerprint density at radius 1 is 1.36 bits per heavy atom. The molecule has 122 valence electrons. The summed E-state index contributed by atoms with van der Waals surface area (Å²) >= 11 is 0. The Labute approximate surface area is 135 Å². The lowest BCUT2D eigenvalue weighted by Gasteiger charge is -2.24. The van der Waals surface area contributed by atoms with Gasteiger partial charge in [0.25, 0.3) is 0 Å². The highest BCUT2D eigenvalue weighted by Crippen LogP contribution is 2.44. The summed E-state index contributed by atoms with van der Waals surface area (Å²) in [4.78, 5) is 11.3. The molecule has 0 aromatic carbocycles. The summed E-state index contributed by atoms with van der Waals surface area (Å²) in [5.41, 5.74) is 2.41. The second kappa shape index (κ2) is 6.95. The monoisotopic (exact) mass is 302 g/mol. The summed E-state index contributed by atoms with van der Waals surface area (Å²) in [6.45, 7) is 8.77. The van der Waals surface area contributed by atoms with Crippen molar-refractivity contribution in [2.75, 3.05) is 0 Å². The van der Waals surface area contributed by atoms with E-state index in [4.69, 9.17) is 4.74 Å². The van der Waals surface area contributed by atoms with Gasteiger partial charge in [-0.15, -0.1) is 0 Å². The molecule has 2 heteroatoms. The van der Waals surface area contributed by atoms with Crippen molar-refractivity contribution in [1.82, 2.24) is 0 Å². The van der Waals surface area contributed by atoms with E-state index in [1.807, 2.05) is 0 Å². The molecule has 0 bridgehead atoms. The summed E-state index contributed by atoms with van der Waals surface area (Å²) < 4.78 is 5.85. The molecule has 1 fully saturated rings. The third kappa shape index (κ3) is 4.67. The number of ether oxygens (including phenoxy) is 1. The van der Waals surface area contributed by atoms with Gasteiger partial charge in [0.05, 0.1) is 11.7 Å². The van der Waals surface area contributed by atoms with Crippen LogP contribution in [0.15, 0.2) is 35.5 Å². The number of epoxide rings is 1. The number of hydrogen-bond acceptors (Lipinski definition) is 2. The van der Waals surface area contributed by atoms with E-state index in [0.29, 0.717) is 6.10 Å². The molecule has 0 aromatic rings. The largest absolute Gasteiger partial charge is 0.366 e. The number of carbonyl (C=O) groups excluding carboxylic acids is 1. The van der Waals surface area contributed by atoms with Crippen LogP contribution in [-0.2, 0) is 9.53 Å². The van der Waals surface area contributed by atoms with Crippen LogP contribution < -0.4 is 0 Å². The number of allylic oxidation sites excluding steroid dienone is 5. The number of carbonyl (C=O) groups is 1. The van der Waals surface area contributed by atoms with Gasteiger partial charge in [0.1, 0.15) is 6.29 Å². The third-order valence-electron chi connectivity index (χ3n) is 5.02. The Morgan fingerprint density at radius 3 is 2.82 bits per heavy atom. The zero-order chi connectivity index (χ0) is 16.2. The molecule has 22 heavy (non-hydrogen) atoms. The molecule has 0 N–H and O–H groups in total. The van der Waals surface area contributed by atoms with E-state index in [1.54, 1.807) is 0 Å². The van der Waals surface area contributed by atoms with Gasteiger partial charge >= 0.3 is 0 Å². The fraction of sp³-hybridized carbons (Fsp3) is 0.650. The first-order chi connectivity index (χ1) is 10.4. The SMILES string of the molecule is CC(C)=CCC[C@]1(C)/C=C/C[C@]2(C)O[C@H]2CC/C(C=O)=C/C1. The normalized spacial score (nSPS) is 38.7. The molecule has 0 saturated carbocycles. The Bertz CT molecular complexity index is 496. The Morgan fingerprint density at radius 2 is 2.14 bits per heavy atom. The van der Waals surface area contributed by atoms with E-state index in [2.05, 4.69) is 52.0 Å². The maximum atomic E-state index is 11.3. The molecular weight excluding hydrogens is 272 g/mol. The van der Waals surface area contributed by atoms with Crippen molar-refractivity contribution in [2.45, 2.75) is 77.9 Å². The van der Waals surface area contributed by atoms with Gasteiger partial charge in [0, 0.05) is 0 Å². The predicted octanol–water partition coefficient (Wildman–Crippen LogP) is 5.15. The molecule has 1 aliphatic carbocycles. The van der Waals surface area contributed by atoms with Gasteiger partial charge in [-0.2, -0.15) is 0 Å². The van der Waals surface area contributed by atoms with Crippen LogP contribution in [0, 0.1) is 5.41 Å². The summed E-state index contributed by atoms with van der Waals surface area (Å²) in [5, 5.41) is 0. The molecule has 3 atom stereocenters. The fourth-order valence-electron chi connectivity index (χ4n) is 3.23. The smallest absolute Gasteiger partial charge is 0.145 e. The van der Waals surface area contributed by atoms with Crippen molar-refractivity contribution in [2.24, 2.45) is 5.41 Å². The standard InChI is InChI=1S/C20H30O2/c1-16(2)7-5-11-19(3)12-6-13-20(4)18(22-20)9-8-17(15-21)10-14-19/h6-7,10,12,15,18H,5,8-9,11,13-14H2,1-4H3/b12-6+,17-10-/t18-,19+,20-/m0/s1. The van der Waals surface area contributed by atoms with Crippen LogP contribution in [0.5, 0.6) is 0 Å². The minimum atomic E-state index is -0.00431. The van der Waals surface area contributed by atoms with Crippen LogP contribution in [0.1, 0.15) is 66.2 Å². The maximum absolute atomic E-state index is 11.3. The Kier molecular flexibility index (Phi) is 5.44. The minimum Gasteiger partial charge on any atom is -0.366 e. The molecule has 0 amide bonds. The van der Waals surface area contributed by atoms with Gasteiger partial charge < -0.3 is 4.74 Å². The van der Waals surface area contributed by atoms with Crippen LogP contribution in [0.4, 0.5) is 0 Å². The van der Waals surface area contributed by atoms with Crippen molar-refractivity contribution in [3.05, 3.63) is 35.5 Å². The predicted molar refractivity (Wildman–Crippen MR) is 91.8 cm³/mol. The molecule has 0 radical (unpaired) electrons. The van der Waals surface area contributed by atoms with Crippen LogP contribution in [0.2, 0.25) is 0 Å². The molecule has 0 aromatic heterocycles. The average Bonchev–Trinajstić information content (AvgIpc) is 3.08. The van der Waals surface area contributed by atoms with Gasteiger partial charge in [-0.1, -0.05) is 36.8 Å². The van der Waals surface area contributed by atoms with Gasteiger partial charge in [-0.05, 0) is 70.3 Å². The lowest BCUT2D eigenvalue weighted by atomic mass is 9.80. The lowest BCUT2D eigenvalue weighted by molar-refractivity contribution is -0.105. The molecule has 1 aliphatic heterocycles. The second-order valence-corrected chi connectivity index (χ2v) is 7.64. The number of aldehydes is 1. The first kappa shape index (κ1) is 17.2. The molecule has 1 saturated heterocycles. The van der Waals surface area contributed by atoms with Crippen LogP contribution >= 0.6 is 0 Å². The Balaban J connectivity index is 2.13.